The van der Waals surface area contributed by atoms with Gasteiger partial charge in [0.05, 0.1) is 16.7 Å². The van der Waals surface area contributed by atoms with Crippen LogP contribution in [0.4, 0.5) is 23.9 Å². The molecule has 0 spiro atoms. The number of hydrogen-bond donors (Lipinski definition) is 2. The van der Waals surface area contributed by atoms with E-state index in [4.69, 9.17) is 15.7 Å². The zero-order chi connectivity index (χ0) is 18.6. The molecule has 0 aliphatic rings. The number of rotatable bonds is 4. The van der Waals surface area contributed by atoms with Crippen molar-refractivity contribution >= 4 is 33.9 Å². The monoisotopic (exact) mass is 369 g/mol. The first-order valence-corrected chi connectivity index (χ1v) is 7.51. The van der Waals surface area contributed by atoms with Gasteiger partial charge in [0, 0.05) is 5.69 Å². The fourth-order valence-electron chi connectivity index (χ4n) is 1.79. The second-order valence-corrected chi connectivity index (χ2v) is 5.62. The lowest BCUT2D eigenvalue weighted by molar-refractivity contribution is -0.137. The number of benzene rings is 1. The lowest BCUT2D eigenvalue weighted by Gasteiger charge is -2.10. The van der Waals surface area contributed by atoms with Crippen molar-refractivity contribution in [2.24, 2.45) is 0 Å². The first kappa shape index (κ1) is 18.3. The molecule has 0 saturated heterocycles. The van der Waals surface area contributed by atoms with Gasteiger partial charge < -0.3 is 15.8 Å². The number of esters is 1. The number of thiophene rings is 1. The molecule has 2 aromatic rings. The molecule has 0 aliphatic carbocycles. The van der Waals surface area contributed by atoms with Crippen molar-refractivity contribution in [2.75, 3.05) is 17.7 Å². The fraction of sp³-hybridized carbons (Fsp3) is 0.133. The largest absolute Gasteiger partial charge is 0.452 e. The molecule has 25 heavy (non-hydrogen) atoms. The van der Waals surface area contributed by atoms with Gasteiger partial charge in [0.2, 0.25) is 0 Å². The Bertz CT molecular complexity index is 856. The number of nitrogen functional groups attached to an aromatic ring is 1. The Hall–Kier alpha value is -3.06. The van der Waals surface area contributed by atoms with Crippen LogP contribution in [-0.4, -0.2) is 18.5 Å². The third kappa shape index (κ3) is 4.48. The van der Waals surface area contributed by atoms with Gasteiger partial charge in [-0.1, -0.05) is 0 Å². The van der Waals surface area contributed by atoms with Crippen LogP contribution >= 0.6 is 11.3 Å². The molecule has 0 fully saturated rings. The summed E-state index contributed by atoms with van der Waals surface area (Å²) in [5.74, 6) is -1.73. The second kappa shape index (κ2) is 7.23. The summed E-state index contributed by atoms with van der Waals surface area (Å²) in [6, 6.07) is 5.57. The van der Waals surface area contributed by atoms with E-state index >= 15 is 0 Å². The van der Waals surface area contributed by atoms with E-state index in [1.54, 1.807) is 5.38 Å². The van der Waals surface area contributed by atoms with Gasteiger partial charge in [0.1, 0.15) is 11.1 Å². The maximum absolute atomic E-state index is 12.6. The highest BCUT2D eigenvalue weighted by Gasteiger charge is 2.31. The van der Waals surface area contributed by atoms with Crippen molar-refractivity contribution in [1.29, 1.82) is 5.26 Å². The quantitative estimate of drug-likeness (QED) is 0.637. The molecule has 130 valence electrons. The molecule has 0 bridgehead atoms. The van der Waals surface area contributed by atoms with Crippen LogP contribution in [0.5, 0.6) is 0 Å². The highest BCUT2D eigenvalue weighted by atomic mass is 32.1. The van der Waals surface area contributed by atoms with E-state index < -0.39 is 35.9 Å². The second-order valence-electron chi connectivity index (χ2n) is 4.70. The highest BCUT2D eigenvalue weighted by Crippen LogP contribution is 2.31. The lowest BCUT2D eigenvalue weighted by Crippen LogP contribution is -2.21. The Labute approximate surface area is 143 Å². The summed E-state index contributed by atoms with van der Waals surface area (Å²) in [5, 5.41) is 13.1. The molecule has 6 nitrogen and oxygen atoms in total. The number of carbonyl (C=O) groups is 2. The maximum Gasteiger partial charge on any atom is 0.416 e. The van der Waals surface area contributed by atoms with Gasteiger partial charge in [-0.3, -0.25) is 4.79 Å². The number of nitrogens with one attached hydrogen (secondary N) is 1. The molecule has 1 heterocycles. The van der Waals surface area contributed by atoms with E-state index in [0.29, 0.717) is 17.1 Å². The number of nitriles is 1. The molecule has 0 aliphatic heterocycles. The predicted octanol–water partition coefficient (Wildman–Crippen LogP) is 3.02. The van der Waals surface area contributed by atoms with Gasteiger partial charge in [-0.2, -0.15) is 18.4 Å². The molecule has 1 aromatic carbocycles. The molecular formula is C15H10F3N3O3S. The number of nitrogens with two attached hydrogens (primary N) is 1. The highest BCUT2D eigenvalue weighted by molar-refractivity contribution is 7.14. The van der Waals surface area contributed by atoms with Gasteiger partial charge in [-0.05, 0) is 29.6 Å². The van der Waals surface area contributed by atoms with Gasteiger partial charge in [0.25, 0.3) is 5.91 Å². The summed E-state index contributed by atoms with van der Waals surface area (Å²) in [5.41, 5.74) is 4.00. The van der Waals surface area contributed by atoms with E-state index in [9.17, 15) is 22.8 Å². The number of nitrogens with zero attached hydrogens (tertiary/aromatic N) is 1. The van der Waals surface area contributed by atoms with Gasteiger partial charge in [0.15, 0.2) is 6.61 Å². The Morgan fingerprint density at radius 2 is 2.04 bits per heavy atom. The van der Waals surface area contributed by atoms with Crippen LogP contribution in [0.1, 0.15) is 21.5 Å². The van der Waals surface area contributed by atoms with Crippen molar-refractivity contribution in [3.05, 3.63) is 46.3 Å². The first-order valence-electron chi connectivity index (χ1n) is 6.63. The standard InChI is InChI=1S/C15H10F3N3O3S/c16-15(17,18)9-1-2-10(11(20)5-9)14(23)24-7-12(22)21-13-8(6-19)3-4-25-13/h1-5H,7,20H2,(H,21,22). The van der Waals surface area contributed by atoms with Crippen LogP contribution in [0.25, 0.3) is 0 Å². The first-order chi connectivity index (χ1) is 11.7. The maximum atomic E-state index is 12.6. The minimum absolute atomic E-state index is 0.261. The number of alkyl halides is 3. The summed E-state index contributed by atoms with van der Waals surface area (Å²) >= 11 is 1.12. The van der Waals surface area contributed by atoms with Crippen molar-refractivity contribution < 1.29 is 27.5 Å². The van der Waals surface area contributed by atoms with Crippen LogP contribution in [0.2, 0.25) is 0 Å². The average Bonchev–Trinajstić information content (AvgIpc) is 2.98. The average molecular weight is 369 g/mol. The Morgan fingerprint density at radius 1 is 1.32 bits per heavy atom. The summed E-state index contributed by atoms with van der Waals surface area (Å²) in [6.45, 7) is -0.679. The number of anilines is 2. The van der Waals surface area contributed by atoms with Gasteiger partial charge >= 0.3 is 12.1 Å². The third-order valence-electron chi connectivity index (χ3n) is 2.97. The Balaban J connectivity index is 1.98. The van der Waals surface area contributed by atoms with Gasteiger partial charge in [-0.25, -0.2) is 4.79 Å². The van der Waals surface area contributed by atoms with Crippen molar-refractivity contribution in [1.82, 2.24) is 0 Å². The van der Waals surface area contributed by atoms with Crippen LogP contribution in [-0.2, 0) is 15.7 Å². The Morgan fingerprint density at radius 3 is 2.64 bits per heavy atom. The van der Waals surface area contributed by atoms with E-state index in [1.807, 2.05) is 6.07 Å². The van der Waals surface area contributed by atoms with Crippen LogP contribution < -0.4 is 11.1 Å². The number of carbonyl (C=O) groups excluding carboxylic acids is 2. The molecular weight excluding hydrogens is 359 g/mol. The smallest absolute Gasteiger partial charge is 0.416 e. The van der Waals surface area contributed by atoms with Crippen molar-refractivity contribution in [3.8, 4) is 6.07 Å². The third-order valence-corrected chi connectivity index (χ3v) is 3.80. The number of ether oxygens (including phenoxy) is 1. The fourth-order valence-corrected chi connectivity index (χ4v) is 2.54. The normalized spacial score (nSPS) is 10.8. The van der Waals surface area contributed by atoms with Crippen LogP contribution in [0.3, 0.4) is 0 Å². The summed E-state index contributed by atoms with van der Waals surface area (Å²) < 4.78 is 42.4. The predicted molar refractivity (Wildman–Crippen MR) is 83.8 cm³/mol. The van der Waals surface area contributed by atoms with E-state index in [-0.39, 0.29) is 11.1 Å². The van der Waals surface area contributed by atoms with Crippen LogP contribution in [0, 0.1) is 11.3 Å². The SMILES string of the molecule is N#Cc1ccsc1NC(=O)COC(=O)c1ccc(C(F)(F)F)cc1N. The van der Waals surface area contributed by atoms with Crippen molar-refractivity contribution in [2.45, 2.75) is 6.18 Å². The zero-order valence-electron chi connectivity index (χ0n) is 12.4. The molecule has 2 rings (SSSR count). The van der Waals surface area contributed by atoms with E-state index in [0.717, 1.165) is 17.4 Å². The van der Waals surface area contributed by atoms with E-state index in [2.05, 4.69) is 5.32 Å². The molecule has 0 saturated carbocycles. The molecule has 1 aromatic heterocycles. The molecule has 0 radical (unpaired) electrons. The number of hydrogen-bond acceptors (Lipinski definition) is 6. The molecule has 3 N–H and O–H groups in total. The topological polar surface area (TPSA) is 105 Å². The number of amides is 1. The summed E-state index contributed by atoms with van der Waals surface area (Å²) in [4.78, 5) is 23.6. The van der Waals surface area contributed by atoms with Crippen LogP contribution in [0.15, 0.2) is 29.6 Å². The zero-order valence-corrected chi connectivity index (χ0v) is 13.2. The molecule has 0 atom stereocenters. The summed E-state index contributed by atoms with van der Waals surface area (Å²) in [6.07, 6.45) is -4.59. The Kier molecular flexibility index (Phi) is 5.29. The summed E-state index contributed by atoms with van der Waals surface area (Å²) in [7, 11) is 0. The number of halogens is 3. The molecule has 1 amide bonds. The lowest BCUT2D eigenvalue weighted by atomic mass is 10.1. The van der Waals surface area contributed by atoms with Crippen molar-refractivity contribution in [3.63, 3.8) is 0 Å². The molecule has 0 unspecified atom stereocenters. The van der Waals surface area contributed by atoms with Gasteiger partial charge in [-0.15, -0.1) is 11.3 Å². The minimum atomic E-state index is -4.59. The minimum Gasteiger partial charge on any atom is -0.452 e. The van der Waals surface area contributed by atoms with E-state index in [1.165, 1.54) is 6.07 Å². The molecule has 10 heteroatoms.